The van der Waals surface area contributed by atoms with Gasteiger partial charge in [-0.2, -0.15) is 0 Å². The highest BCUT2D eigenvalue weighted by atomic mass is 16.6. The molecule has 0 fully saturated rings. The summed E-state index contributed by atoms with van der Waals surface area (Å²) in [6.45, 7) is 3.53. The van der Waals surface area contributed by atoms with Crippen LogP contribution in [0.3, 0.4) is 0 Å². The Balaban J connectivity index is 2.62. The lowest BCUT2D eigenvalue weighted by atomic mass is 10.2. The zero-order chi connectivity index (χ0) is 18.7. The summed E-state index contributed by atoms with van der Waals surface area (Å²) >= 11 is 0. The zero-order valence-electron chi connectivity index (χ0n) is 14.4. The van der Waals surface area contributed by atoms with E-state index in [9.17, 15) is 14.4 Å². The molecule has 1 rings (SSSR count). The van der Waals surface area contributed by atoms with Crippen LogP contribution in [0.4, 0.5) is 4.79 Å². The third-order valence-corrected chi connectivity index (χ3v) is 2.97. The zero-order valence-corrected chi connectivity index (χ0v) is 14.4. The summed E-state index contributed by atoms with van der Waals surface area (Å²) in [5, 5.41) is 4.93. The largest absolute Gasteiger partial charge is 0.464 e. The topological polar surface area (TPSA) is 103 Å². The molecule has 0 aliphatic rings. The van der Waals surface area contributed by atoms with Gasteiger partial charge in [0.2, 0.25) is 0 Å². The highest BCUT2D eigenvalue weighted by Gasteiger charge is 2.17. The molecule has 0 aromatic heterocycles. The van der Waals surface area contributed by atoms with E-state index >= 15 is 0 Å². The average Bonchev–Trinajstić information content (AvgIpc) is 2.63. The molecule has 0 saturated carbocycles. The molecule has 8 nitrogen and oxygen atoms in total. The molecule has 0 saturated heterocycles. The van der Waals surface area contributed by atoms with Crippen molar-refractivity contribution in [2.24, 2.45) is 0 Å². The maximum Gasteiger partial charge on any atom is 0.412 e. The molecule has 0 spiro atoms. The number of rotatable bonds is 8. The number of hydrogen-bond donors (Lipinski definition) is 2. The van der Waals surface area contributed by atoms with Crippen molar-refractivity contribution in [2.45, 2.75) is 26.5 Å². The van der Waals surface area contributed by atoms with Crippen molar-refractivity contribution in [3.8, 4) is 0 Å². The van der Waals surface area contributed by atoms with E-state index in [1.165, 1.54) is 7.11 Å². The Morgan fingerprint density at radius 1 is 1.16 bits per heavy atom. The third kappa shape index (κ3) is 7.38. The van der Waals surface area contributed by atoms with Crippen molar-refractivity contribution in [2.75, 3.05) is 13.7 Å². The van der Waals surface area contributed by atoms with Crippen LogP contribution >= 0.6 is 0 Å². The van der Waals surface area contributed by atoms with Crippen molar-refractivity contribution in [3.05, 3.63) is 47.8 Å². The lowest BCUT2D eigenvalue weighted by Gasteiger charge is -2.13. The first-order valence-corrected chi connectivity index (χ1v) is 7.66. The van der Waals surface area contributed by atoms with Crippen LogP contribution in [0.2, 0.25) is 0 Å². The number of carbonyl (C=O) groups is 3. The third-order valence-electron chi connectivity index (χ3n) is 2.97. The molecule has 136 valence electrons. The first-order chi connectivity index (χ1) is 12.0. The minimum Gasteiger partial charge on any atom is -0.464 e. The van der Waals surface area contributed by atoms with Gasteiger partial charge in [0.1, 0.15) is 18.3 Å². The summed E-state index contributed by atoms with van der Waals surface area (Å²) in [6, 6.07) is 8.37. The fourth-order valence-corrected chi connectivity index (χ4v) is 1.67. The van der Waals surface area contributed by atoms with Crippen LogP contribution in [0.5, 0.6) is 0 Å². The number of carbonyl (C=O) groups excluding carboxylic acids is 3. The molecule has 0 aliphatic heterocycles. The highest BCUT2D eigenvalue weighted by molar-refractivity contribution is 5.92. The first-order valence-electron chi connectivity index (χ1n) is 7.66. The number of ether oxygens (including phenoxy) is 3. The number of nitrogens with one attached hydrogen (secondary N) is 2. The van der Waals surface area contributed by atoms with E-state index in [0.29, 0.717) is 0 Å². The molecule has 1 aromatic carbocycles. The summed E-state index contributed by atoms with van der Waals surface area (Å²) in [6.07, 6.45) is 0.336. The SMILES string of the molecule is CCOC(=O)C(C)N/C=C(/NC(=O)OCc1ccccc1)C(=O)OC. The number of hydrogen-bond acceptors (Lipinski definition) is 7. The number of amides is 1. The van der Waals surface area contributed by atoms with Gasteiger partial charge >= 0.3 is 18.0 Å². The van der Waals surface area contributed by atoms with Crippen molar-refractivity contribution < 1.29 is 28.6 Å². The predicted molar refractivity (Wildman–Crippen MR) is 89.1 cm³/mol. The van der Waals surface area contributed by atoms with Crippen LogP contribution in [0, 0.1) is 0 Å². The van der Waals surface area contributed by atoms with Gasteiger partial charge in [0.05, 0.1) is 13.7 Å². The van der Waals surface area contributed by atoms with Gasteiger partial charge in [0.15, 0.2) is 0 Å². The quantitative estimate of drug-likeness (QED) is 0.416. The number of alkyl carbamates (subject to hydrolysis) is 1. The molecule has 0 heterocycles. The monoisotopic (exact) mass is 350 g/mol. The first kappa shape index (κ1) is 20.0. The van der Waals surface area contributed by atoms with Crippen LogP contribution in [0.15, 0.2) is 42.2 Å². The molecule has 0 bridgehead atoms. The van der Waals surface area contributed by atoms with Gasteiger partial charge in [-0.15, -0.1) is 0 Å². The van der Waals surface area contributed by atoms with E-state index in [1.54, 1.807) is 26.0 Å². The predicted octanol–water partition coefficient (Wildman–Crippen LogP) is 1.47. The Morgan fingerprint density at radius 2 is 1.84 bits per heavy atom. The van der Waals surface area contributed by atoms with Gasteiger partial charge in [-0.25, -0.2) is 14.4 Å². The van der Waals surface area contributed by atoms with E-state index in [1.807, 2.05) is 18.2 Å². The average molecular weight is 350 g/mol. The second-order valence-corrected chi connectivity index (χ2v) is 4.88. The lowest BCUT2D eigenvalue weighted by molar-refractivity contribution is -0.145. The van der Waals surface area contributed by atoms with E-state index in [-0.39, 0.29) is 18.9 Å². The molecule has 1 amide bonds. The number of methoxy groups -OCH3 is 1. The van der Waals surface area contributed by atoms with Crippen LogP contribution in [-0.4, -0.2) is 37.8 Å². The summed E-state index contributed by atoms with van der Waals surface area (Å²) in [5.74, 6) is -1.28. The highest BCUT2D eigenvalue weighted by Crippen LogP contribution is 2.02. The Hall–Kier alpha value is -3.03. The maximum atomic E-state index is 11.8. The summed E-state index contributed by atoms with van der Waals surface area (Å²) in [5.41, 5.74) is 0.604. The van der Waals surface area contributed by atoms with Crippen LogP contribution in [0.1, 0.15) is 19.4 Å². The molecule has 1 aromatic rings. The van der Waals surface area contributed by atoms with E-state index in [2.05, 4.69) is 15.4 Å². The van der Waals surface area contributed by atoms with Gasteiger partial charge in [0.25, 0.3) is 0 Å². The van der Waals surface area contributed by atoms with E-state index in [4.69, 9.17) is 9.47 Å². The number of benzene rings is 1. The van der Waals surface area contributed by atoms with Crippen LogP contribution in [0.25, 0.3) is 0 Å². The summed E-state index contributed by atoms with van der Waals surface area (Å²) in [4.78, 5) is 35.1. The summed E-state index contributed by atoms with van der Waals surface area (Å²) in [7, 11) is 1.17. The molecular formula is C17H22N2O6. The second kappa shape index (κ2) is 10.7. The Morgan fingerprint density at radius 3 is 2.44 bits per heavy atom. The molecule has 25 heavy (non-hydrogen) atoms. The van der Waals surface area contributed by atoms with Gasteiger partial charge in [-0.3, -0.25) is 5.32 Å². The normalized spacial score (nSPS) is 11.9. The van der Waals surface area contributed by atoms with E-state index < -0.39 is 24.1 Å². The molecule has 0 radical (unpaired) electrons. The number of esters is 2. The van der Waals surface area contributed by atoms with Crippen molar-refractivity contribution >= 4 is 18.0 Å². The summed E-state index contributed by atoms with van der Waals surface area (Å²) < 4.78 is 14.4. The second-order valence-electron chi connectivity index (χ2n) is 4.88. The Bertz CT molecular complexity index is 615. The van der Waals surface area contributed by atoms with Gasteiger partial charge in [-0.05, 0) is 19.4 Å². The van der Waals surface area contributed by atoms with Gasteiger partial charge < -0.3 is 19.5 Å². The smallest absolute Gasteiger partial charge is 0.412 e. The standard InChI is InChI=1S/C17H22N2O6/c1-4-24-15(20)12(2)18-10-14(16(21)23-3)19-17(22)25-11-13-8-6-5-7-9-13/h5-10,12,18H,4,11H2,1-3H3,(H,19,22)/b14-10+. The van der Waals surface area contributed by atoms with Crippen molar-refractivity contribution in [1.82, 2.24) is 10.6 Å². The fraction of sp³-hybridized carbons (Fsp3) is 0.353. The van der Waals surface area contributed by atoms with Crippen LogP contribution in [-0.2, 0) is 30.4 Å². The molecule has 8 heteroatoms. The minimum atomic E-state index is -0.828. The van der Waals surface area contributed by atoms with Crippen molar-refractivity contribution in [3.63, 3.8) is 0 Å². The van der Waals surface area contributed by atoms with Crippen LogP contribution < -0.4 is 10.6 Å². The van der Waals surface area contributed by atoms with Gasteiger partial charge in [0, 0.05) is 6.20 Å². The maximum absolute atomic E-state index is 11.8. The molecule has 0 aliphatic carbocycles. The molecular weight excluding hydrogens is 328 g/mol. The minimum absolute atomic E-state index is 0.0494. The molecule has 2 N–H and O–H groups in total. The molecule has 1 unspecified atom stereocenters. The van der Waals surface area contributed by atoms with E-state index in [0.717, 1.165) is 11.8 Å². The Labute approximate surface area is 146 Å². The fourth-order valence-electron chi connectivity index (χ4n) is 1.67. The molecule has 1 atom stereocenters. The lowest BCUT2D eigenvalue weighted by Crippen LogP contribution is -2.35. The van der Waals surface area contributed by atoms with Gasteiger partial charge in [-0.1, -0.05) is 30.3 Å². The Kier molecular flexibility index (Phi) is 8.56. The van der Waals surface area contributed by atoms with Crippen molar-refractivity contribution in [1.29, 1.82) is 0 Å².